The molecule has 1 heteroatoms. The van der Waals surface area contributed by atoms with Crippen molar-refractivity contribution in [1.29, 1.82) is 0 Å². The van der Waals surface area contributed by atoms with Gasteiger partial charge >= 0.3 is 0 Å². The summed E-state index contributed by atoms with van der Waals surface area (Å²) in [6.07, 6.45) is 5.82. The number of allylic oxidation sites excluding steroid dienone is 4. The molecule has 0 aliphatic carbocycles. The fourth-order valence-electron chi connectivity index (χ4n) is 0.348. The zero-order valence-corrected chi connectivity index (χ0v) is 8.02. The van der Waals surface area contributed by atoms with Crippen molar-refractivity contribution in [2.45, 2.75) is 27.7 Å². The van der Waals surface area contributed by atoms with Crippen LogP contribution in [0, 0.1) is 0 Å². The van der Waals surface area contributed by atoms with Crippen molar-refractivity contribution >= 4 is 0 Å². The first-order valence-electron chi connectivity index (χ1n) is 3.92. The third-order valence-corrected chi connectivity index (χ3v) is 1.05. The molecule has 0 spiro atoms. The Kier molecular flexibility index (Phi) is 10.4. The summed E-state index contributed by atoms with van der Waals surface area (Å²) in [5, 5.41) is 0. The van der Waals surface area contributed by atoms with Gasteiger partial charge in [0.05, 0.1) is 0 Å². The number of hydrogen-bond acceptors (Lipinski definition) is 1. The smallest absolute Gasteiger partial charge is 0.0270 e. The van der Waals surface area contributed by atoms with E-state index in [4.69, 9.17) is 5.73 Å². The minimum absolute atomic E-state index is 0.633. The molecule has 0 bridgehead atoms. The lowest BCUT2D eigenvalue weighted by Gasteiger charge is -1.93. The first-order valence-corrected chi connectivity index (χ1v) is 3.92. The first kappa shape index (κ1) is 12.7. The van der Waals surface area contributed by atoms with Crippen LogP contribution in [0.15, 0.2) is 36.1 Å². The third-order valence-electron chi connectivity index (χ3n) is 1.05. The molecule has 0 heterocycles. The number of nitrogens with two attached hydrogens (primary N) is 1. The van der Waals surface area contributed by atoms with Gasteiger partial charge in [-0.15, -0.1) is 0 Å². The molecule has 64 valence electrons. The van der Waals surface area contributed by atoms with E-state index in [-0.39, 0.29) is 0 Å². The average molecular weight is 153 g/mol. The van der Waals surface area contributed by atoms with Crippen molar-refractivity contribution in [3.63, 3.8) is 0 Å². The van der Waals surface area contributed by atoms with Gasteiger partial charge in [-0.1, -0.05) is 38.7 Å². The summed E-state index contributed by atoms with van der Waals surface area (Å²) in [6.45, 7) is 11.5. The normalized spacial score (nSPS) is 10.7. The molecule has 0 fully saturated rings. The van der Waals surface area contributed by atoms with Gasteiger partial charge in [-0.3, -0.25) is 0 Å². The average Bonchev–Trinajstić information content (AvgIpc) is 2.03. The molecule has 0 saturated carbocycles. The second-order valence-electron chi connectivity index (χ2n) is 1.90. The van der Waals surface area contributed by atoms with Crippen molar-refractivity contribution in [2.24, 2.45) is 5.73 Å². The van der Waals surface area contributed by atoms with Gasteiger partial charge in [-0.05, 0) is 19.4 Å². The van der Waals surface area contributed by atoms with Gasteiger partial charge in [0.25, 0.3) is 0 Å². The fraction of sp³-hybridized carbons (Fsp3) is 0.400. The number of rotatable bonds is 2. The van der Waals surface area contributed by atoms with Crippen molar-refractivity contribution < 1.29 is 0 Å². The molecular weight excluding hydrogens is 134 g/mol. The van der Waals surface area contributed by atoms with Crippen LogP contribution in [0.1, 0.15) is 27.7 Å². The van der Waals surface area contributed by atoms with E-state index in [1.54, 1.807) is 0 Å². The van der Waals surface area contributed by atoms with Crippen LogP contribution < -0.4 is 5.73 Å². The SMILES string of the molecule is C=C(N)/C(C)=C\C=C/C.CC. The molecule has 11 heavy (non-hydrogen) atoms. The Bertz CT molecular complexity index is 152. The maximum absolute atomic E-state index is 5.38. The predicted octanol–water partition coefficient (Wildman–Crippen LogP) is 3.01. The van der Waals surface area contributed by atoms with Crippen LogP contribution in [0.4, 0.5) is 0 Å². The topological polar surface area (TPSA) is 26.0 Å². The largest absolute Gasteiger partial charge is 0.399 e. The summed E-state index contributed by atoms with van der Waals surface area (Å²) in [6, 6.07) is 0. The summed E-state index contributed by atoms with van der Waals surface area (Å²) in [5.74, 6) is 0. The standard InChI is InChI=1S/C8H13N.C2H6/c1-4-5-6-7(2)8(3)9;1-2/h4-6H,3,9H2,1-2H3;1-2H3/b5-4-,7-6-;. The number of hydrogen-bond donors (Lipinski definition) is 1. The summed E-state index contributed by atoms with van der Waals surface area (Å²) >= 11 is 0. The van der Waals surface area contributed by atoms with Gasteiger partial charge in [-0.2, -0.15) is 0 Å². The molecule has 0 amide bonds. The minimum atomic E-state index is 0.633. The van der Waals surface area contributed by atoms with Crippen LogP contribution in [0.2, 0.25) is 0 Å². The highest BCUT2D eigenvalue weighted by Crippen LogP contribution is 1.98. The zero-order valence-electron chi connectivity index (χ0n) is 8.02. The lowest BCUT2D eigenvalue weighted by molar-refractivity contribution is 1.31. The molecule has 0 aliphatic rings. The molecule has 0 aromatic rings. The van der Waals surface area contributed by atoms with Gasteiger partial charge in [0, 0.05) is 5.70 Å². The van der Waals surface area contributed by atoms with Gasteiger partial charge in [0.15, 0.2) is 0 Å². The van der Waals surface area contributed by atoms with Crippen molar-refractivity contribution in [3.05, 3.63) is 36.1 Å². The maximum Gasteiger partial charge on any atom is 0.0270 e. The van der Waals surface area contributed by atoms with Crippen LogP contribution in [-0.2, 0) is 0 Å². The Labute approximate surface area is 70.3 Å². The van der Waals surface area contributed by atoms with Crippen LogP contribution in [0.3, 0.4) is 0 Å². The second kappa shape index (κ2) is 9.02. The minimum Gasteiger partial charge on any atom is -0.399 e. The summed E-state index contributed by atoms with van der Waals surface area (Å²) in [7, 11) is 0. The Morgan fingerprint density at radius 2 is 1.82 bits per heavy atom. The van der Waals surface area contributed by atoms with Gasteiger partial charge < -0.3 is 5.73 Å². The van der Waals surface area contributed by atoms with E-state index in [0.29, 0.717) is 5.70 Å². The molecule has 1 nitrogen and oxygen atoms in total. The Balaban J connectivity index is 0. The molecular formula is C10H19N. The van der Waals surface area contributed by atoms with E-state index in [2.05, 4.69) is 6.58 Å². The Hall–Kier alpha value is -0.980. The van der Waals surface area contributed by atoms with Crippen LogP contribution >= 0.6 is 0 Å². The van der Waals surface area contributed by atoms with Gasteiger partial charge in [0.2, 0.25) is 0 Å². The van der Waals surface area contributed by atoms with Crippen molar-refractivity contribution in [1.82, 2.24) is 0 Å². The highest BCUT2D eigenvalue weighted by Gasteiger charge is 1.83. The second-order valence-corrected chi connectivity index (χ2v) is 1.90. The quantitative estimate of drug-likeness (QED) is 0.606. The predicted molar refractivity (Wildman–Crippen MR) is 53.2 cm³/mol. The maximum atomic E-state index is 5.38. The van der Waals surface area contributed by atoms with Crippen molar-refractivity contribution in [3.8, 4) is 0 Å². The fourth-order valence-corrected chi connectivity index (χ4v) is 0.348. The van der Waals surface area contributed by atoms with E-state index < -0.39 is 0 Å². The zero-order chi connectivity index (χ0) is 9.28. The Morgan fingerprint density at radius 3 is 2.09 bits per heavy atom. The highest BCUT2D eigenvalue weighted by molar-refractivity contribution is 5.26. The third kappa shape index (κ3) is 9.02. The van der Waals surface area contributed by atoms with E-state index in [9.17, 15) is 0 Å². The lowest BCUT2D eigenvalue weighted by atomic mass is 10.2. The van der Waals surface area contributed by atoms with E-state index in [1.165, 1.54) is 0 Å². The summed E-state index contributed by atoms with van der Waals surface area (Å²) < 4.78 is 0. The van der Waals surface area contributed by atoms with E-state index in [0.717, 1.165) is 5.57 Å². The summed E-state index contributed by atoms with van der Waals surface area (Å²) in [5.41, 5.74) is 7.03. The molecule has 0 aliphatic heterocycles. The molecule has 0 saturated heterocycles. The molecule has 0 unspecified atom stereocenters. The first-order chi connectivity index (χ1) is 5.18. The van der Waals surface area contributed by atoms with Crippen molar-refractivity contribution in [2.75, 3.05) is 0 Å². The highest BCUT2D eigenvalue weighted by atomic mass is 14.6. The molecule has 0 rings (SSSR count). The molecule has 0 aromatic carbocycles. The molecule has 0 atom stereocenters. The van der Waals surface area contributed by atoms with Gasteiger partial charge in [-0.25, -0.2) is 0 Å². The monoisotopic (exact) mass is 153 g/mol. The van der Waals surface area contributed by atoms with E-state index in [1.807, 2.05) is 45.9 Å². The van der Waals surface area contributed by atoms with E-state index >= 15 is 0 Å². The molecule has 0 radical (unpaired) electrons. The molecule has 0 aromatic heterocycles. The van der Waals surface area contributed by atoms with Crippen LogP contribution in [-0.4, -0.2) is 0 Å². The summed E-state index contributed by atoms with van der Waals surface area (Å²) in [4.78, 5) is 0. The lowest BCUT2D eigenvalue weighted by Crippen LogP contribution is -1.94. The Morgan fingerprint density at radius 1 is 1.36 bits per heavy atom. The molecule has 2 N–H and O–H groups in total. The van der Waals surface area contributed by atoms with Crippen LogP contribution in [0.5, 0.6) is 0 Å². The van der Waals surface area contributed by atoms with Crippen LogP contribution in [0.25, 0.3) is 0 Å². The van der Waals surface area contributed by atoms with Gasteiger partial charge in [0.1, 0.15) is 0 Å².